The van der Waals surface area contributed by atoms with Gasteiger partial charge in [0.2, 0.25) is 5.91 Å². The van der Waals surface area contributed by atoms with Gasteiger partial charge in [-0.2, -0.15) is 0 Å². The Morgan fingerprint density at radius 1 is 1.19 bits per heavy atom. The van der Waals surface area contributed by atoms with Crippen LogP contribution in [0.25, 0.3) is 0 Å². The van der Waals surface area contributed by atoms with Gasteiger partial charge in [0.05, 0.1) is 0 Å². The fraction of sp³-hybridized carbons (Fsp3) is 0.286. The number of fused-ring (bicyclic) bond motifs is 2. The van der Waals surface area contributed by atoms with Crippen LogP contribution in [0, 0.1) is 13.8 Å². The van der Waals surface area contributed by atoms with E-state index in [-0.39, 0.29) is 12.5 Å². The predicted molar refractivity (Wildman–Crippen MR) is 101 cm³/mol. The van der Waals surface area contributed by atoms with Gasteiger partial charge in [-0.25, -0.2) is 4.79 Å². The molecule has 27 heavy (non-hydrogen) atoms. The van der Waals surface area contributed by atoms with Crippen molar-refractivity contribution in [2.75, 3.05) is 11.9 Å². The van der Waals surface area contributed by atoms with Gasteiger partial charge >= 0.3 is 6.03 Å². The summed E-state index contributed by atoms with van der Waals surface area (Å²) >= 11 is 0. The van der Waals surface area contributed by atoms with Crippen LogP contribution < -0.4 is 10.6 Å². The lowest BCUT2D eigenvalue weighted by molar-refractivity contribution is -0.134. The summed E-state index contributed by atoms with van der Waals surface area (Å²) in [6.07, 6.45) is 1.25. The number of urea groups is 1. The zero-order chi connectivity index (χ0) is 19.2. The van der Waals surface area contributed by atoms with E-state index in [1.807, 2.05) is 56.3 Å². The minimum absolute atomic E-state index is 0.304. The van der Waals surface area contributed by atoms with E-state index >= 15 is 0 Å². The second-order valence-corrected chi connectivity index (χ2v) is 7.25. The van der Waals surface area contributed by atoms with E-state index in [0.717, 1.165) is 33.6 Å². The van der Waals surface area contributed by atoms with Crippen molar-refractivity contribution in [2.24, 2.45) is 0 Å². The predicted octanol–water partition coefficient (Wildman–Crippen LogP) is 2.64. The molecule has 0 radical (unpaired) electrons. The highest BCUT2D eigenvalue weighted by Gasteiger charge is 2.55. The molecule has 6 nitrogen and oxygen atoms in total. The normalized spacial score (nSPS) is 20.7. The lowest BCUT2D eigenvalue weighted by atomic mass is 9.92. The molecule has 2 N–H and O–H groups in total. The fourth-order valence-electron chi connectivity index (χ4n) is 3.94. The number of rotatable bonds is 3. The van der Waals surface area contributed by atoms with Crippen molar-refractivity contribution in [2.45, 2.75) is 32.2 Å². The summed E-state index contributed by atoms with van der Waals surface area (Å²) in [7, 11) is 0. The molecule has 4 rings (SSSR count). The van der Waals surface area contributed by atoms with Crippen LogP contribution in [0.4, 0.5) is 10.5 Å². The monoisotopic (exact) mass is 363 g/mol. The maximum Gasteiger partial charge on any atom is 0.325 e. The molecule has 1 heterocycles. The molecule has 2 aliphatic rings. The number of carbonyl (C=O) groups excluding carboxylic acids is 3. The standard InChI is InChI=1S/C21H21N3O3/c1-13-7-8-14(2)17(11-13)22-18(25)12-24-19(26)21(23-20(24)27)10-9-15-5-3-4-6-16(15)21/h3-8,11H,9-10,12H2,1-2H3,(H,22,25)(H,23,27). The Bertz CT molecular complexity index is 969. The number of carbonyl (C=O) groups is 3. The molecule has 2 aromatic rings. The first kappa shape index (κ1) is 17.3. The van der Waals surface area contributed by atoms with Crippen LogP contribution in [-0.2, 0) is 21.5 Å². The zero-order valence-electron chi connectivity index (χ0n) is 15.3. The van der Waals surface area contributed by atoms with E-state index in [4.69, 9.17) is 0 Å². The number of nitrogens with one attached hydrogen (secondary N) is 2. The minimum atomic E-state index is -1.03. The highest BCUT2D eigenvalue weighted by Crippen LogP contribution is 2.41. The lowest BCUT2D eigenvalue weighted by Crippen LogP contribution is -2.43. The largest absolute Gasteiger partial charge is 0.325 e. The van der Waals surface area contributed by atoms with Crippen molar-refractivity contribution in [3.05, 3.63) is 64.7 Å². The molecule has 0 aromatic heterocycles. The average molecular weight is 363 g/mol. The molecule has 1 aliphatic heterocycles. The van der Waals surface area contributed by atoms with E-state index in [9.17, 15) is 14.4 Å². The Kier molecular flexibility index (Phi) is 3.98. The summed E-state index contributed by atoms with van der Waals surface area (Å²) in [5.41, 5.74) is 3.49. The van der Waals surface area contributed by atoms with Crippen LogP contribution >= 0.6 is 0 Å². The Balaban J connectivity index is 1.54. The first-order chi connectivity index (χ1) is 12.9. The molecule has 2 aromatic carbocycles. The maximum atomic E-state index is 13.1. The van der Waals surface area contributed by atoms with Crippen LogP contribution in [-0.4, -0.2) is 29.3 Å². The Morgan fingerprint density at radius 2 is 1.96 bits per heavy atom. The average Bonchev–Trinajstić information content (AvgIpc) is 3.12. The molecular formula is C21H21N3O3. The SMILES string of the molecule is Cc1ccc(C)c(NC(=O)CN2C(=O)NC3(CCc4ccccc43)C2=O)c1. The van der Waals surface area contributed by atoms with E-state index in [1.165, 1.54) is 0 Å². The molecule has 0 bridgehead atoms. The van der Waals surface area contributed by atoms with Gasteiger partial charge in [0.25, 0.3) is 5.91 Å². The lowest BCUT2D eigenvalue weighted by Gasteiger charge is -2.22. The summed E-state index contributed by atoms with van der Waals surface area (Å²) < 4.78 is 0. The number of nitrogens with zero attached hydrogens (tertiary/aromatic N) is 1. The first-order valence-corrected chi connectivity index (χ1v) is 9.00. The fourth-order valence-corrected chi connectivity index (χ4v) is 3.94. The smallest absolute Gasteiger partial charge is 0.324 e. The molecule has 1 atom stereocenters. The van der Waals surface area contributed by atoms with Gasteiger partial charge in [-0.15, -0.1) is 0 Å². The molecular weight excluding hydrogens is 342 g/mol. The second kappa shape index (κ2) is 6.23. The Labute approximate surface area is 157 Å². The summed E-state index contributed by atoms with van der Waals surface area (Å²) in [6.45, 7) is 3.53. The van der Waals surface area contributed by atoms with Gasteiger partial charge < -0.3 is 10.6 Å². The van der Waals surface area contributed by atoms with Gasteiger partial charge in [0.15, 0.2) is 0 Å². The van der Waals surface area contributed by atoms with Crippen LogP contribution in [0.2, 0.25) is 0 Å². The van der Waals surface area contributed by atoms with Crippen molar-refractivity contribution in [1.82, 2.24) is 10.2 Å². The zero-order valence-corrected chi connectivity index (χ0v) is 15.3. The van der Waals surface area contributed by atoms with Crippen LogP contribution in [0.5, 0.6) is 0 Å². The summed E-state index contributed by atoms with van der Waals surface area (Å²) in [5.74, 6) is -0.746. The highest BCUT2D eigenvalue weighted by molar-refractivity contribution is 6.11. The number of hydrogen-bond donors (Lipinski definition) is 2. The Hall–Kier alpha value is -3.15. The number of benzene rings is 2. The number of aryl methyl sites for hydroxylation is 3. The van der Waals surface area contributed by atoms with Gasteiger partial charge in [0.1, 0.15) is 12.1 Å². The number of amides is 4. The van der Waals surface area contributed by atoms with Crippen LogP contribution in [0.15, 0.2) is 42.5 Å². The second-order valence-electron chi connectivity index (χ2n) is 7.25. The topological polar surface area (TPSA) is 78.5 Å². The number of hydrogen-bond acceptors (Lipinski definition) is 3. The van der Waals surface area contributed by atoms with Crippen LogP contribution in [0.3, 0.4) is 0 Å². The number of anilines is 1. The first-order valence-electron chi connectivity index (χ1n) is 9.00. The van der Waals surface area contributed by atoms with Crippen molar-refractivity contribution >= 4 is 23.5 Å². The van der Waals surface area contributed by atoms with E-state index in [2.05, 4.69) is 10.6 Å². The van der Waals surface area contributed by atoms with Gasteiger partial charge in [-0.3, -0.25) is 14.5 Å². The molecule has 1 aliphatic carbocycles. The van der Waals surface area contributed by atoms with E-state index < -0.39 is 17.5 Å². The summed E-state index contributed by atoms with van der Waals surface area (Å²) in [5, 5.41) is 5.64. The summed E-state index contributed by atoms with van der Waals surface area (Å²) in [4.78, 5) is 39.1. The van der Waals surface area contributed by atoms with Crippen molar-refractivity contribution < 1.29 is 14.4 Å². The third-order valence-corrected chi connectivity index (χ3v) is 5.39. The van der Waals surface area contributed by atoms with Crippen molar-refractivity contribution in [1.29, 1.82) is 0 Å². The summed E-state index contributed by atoms with van der Waals surface area (Å²) in [6, 6.07) is 12.9. The van der Waals surface area contributed by atoms with Gasteiger partial charge in [-0.05, 0) is 55.0 Å². The Morgan fingerprint density at radius 3 is 2.78 bits per heavy atom. The van der Waals surface area contributed by atoms with E-state index in [1.54, 1.807) is 0 Å². The maximum absolute atomic E-state index is 13.1. The molecule has 1 spiro atoms. The molecule has 1 fully saturated rings. The van der Waals surface area contributed by atoms with Gasteiger partial charge in [0, 0.05) is 5.69 Å². The molecule has 6 heteroatoms. The molecule has 0 saturated carbocycles. The van der Waals surface area contributed by atoms with Crippen molar-refractivity contribution in [3.63, 3.8) is 0 Å². The van der Waals surface area contributed by atoms with Crippen LogP contribution in [0.1, 0.15) is 28.7 Å². The molecule has 138 valence electrons. The molecule has 1 saturated heterocycles. The molecule has 1 unspecified atom stereocenters. The third kappa shape index (κ3) is 2.77. The highest BCUT2D eigenvalue weighted by atomic mass is 16.2. The quantitative estimate of drug-likeness (QED) is 0.823. The third-order valence-electron chi connectivity index (χ3n) is 5.39. The molecule has 4 amide bonds. The van der Waals surface area contributed by atoms with E-state index in [0.29, 0.717) is 12.1 Å². The van der Waals surface area contributed by atoms with Gasteiger partial charge in [-0.1, -0.05) is 36.4 Å². The number of imide groups is 1. The minimum Gasteiger partial charge on any atom is -0.324 e. The van der Waals surface area contributed by atoms with Crippen molar-refractivity contribution in [3.8, 4) is 0 Å².